The number of rotatable bonds is 4. The fourth-order valence-electron chi connectivity index (χ4n) is 1.76. The summed E-state index contributed by atoms with van der Waals surface area (Å²) in [5.41, 5.74) is 0.525. The van der Waals surface area contributed by atoms with Crippen LogP contribution >= 0.6 is 27.3 Å². The van der Waals surface area contributed by atoms with Gasteiger partial charge in [0.25, 0.3) is 0 Å². The Balaban J connectivity index is 2.50. The molecule has 19 heavy (non-hydrogen) atoms. The second-order valence-corrected chi connectivity index (χ2v) is 5.98. The van der Waals surface area contributed by atoms with E-state index >= 15 is 0 Å². The Labute approximate surface area is 124 Å². The number of ether oxygens (including phenoxy) is 2. The highest BCUT2D eigenvalue weighted by molar-refractivity contribution is 9.10. The third-order valence-corrected chi connectivity index (χ3v) is 4.44. The lowest BCUT2D eigenvalue weighted by atomic mass is 10.1. The van der Waals surface area contributed by atoms with Gasteiger partial charge in [0.15, 0.2) is 0 Å². The number of ketones is 1. The van der Waals surface area contributed by atoms with Gasteiger partial charge >= 0.3 is 0 Å². The molecule has 0 spiro atoms. The summed E-state index contributed by atoms with van der Waals surface area (Å²) in [6.45, 7) is 1.97. The maximum absolute atomic E-state index is 12.5. The molecule has 3 nitrogen and oxygen atoms in total. The van der Waals surface area contributed by atoms with Crippen LogP contribution in [-0.2, 0) is 0 Å². The average Bonchev–Trinajstić information content (AvgIpc) is 2.84. The van der Waals surface area contributed by atoms with Crippen LogP contribution in [0.4, 0.5) is 0 Å². The summed E-state index contributed by atoms with van der Waals surface area (Å²) in [5.74, 6) is 1.09. The molecule has 0 bridgehead atoms. The summed E-state index contributed by atoms with van der Waals surface area (Å²) in [7, 11) is 3.11. The minimum absolute atomic E-state index is 0.0432. The Morgan fingerprint density at radius 3 is 2.42 bits per heavy atom. The Bertz CT molecular complexity index is 619. The van der Waals surface area contributed by atoms with Gasteiger partial charge in [-0.15, -0.1) is 11.3 Å². The number of hydrogen-bond donors (Lipinski definition) is 0. The summed E-state index contributed by atoms with van der Waals surface area (Å²) in [6, 6.07) is 7.24. The van der Waals surface area contributed by atoms with Crippen LogP contribution in [0.5, 0.6) is 11.5 Å². The molecule has 0 saturated carbocycles. The Morgan fingerprint density at radius 1 is 1.16 bits per heavy atom. The van der Waals surface area contributed by atoms with Crippen LogP contribution in [0.3, 0.4) is 0 Å². The summed E-state index contributed by atoms with van der Waals surface area (Å²) in [6.07, 6.45) is 0. The van der Waals surface area contributed by atoms with Gasteiger partial charge < -0.3 is 9.47 Å². The standard InChI is InChI=1S/C14H13BrO3S/c1-8-4-7-11(19-8)13(16)9-5-6-10(17-2)12(15)14(9)18-3/h4-7H,1-3H3. The SMILES string of the molecule is COc1ccc(C(=O)c2ccc(C)s2)c(OC)c1Br. The minimum atomic E-state index is -0.0432. The van der Waals surface area contributed by atoms with E-state index in [4.69, 9.17) is 9.47 Å². The van der Waals surface area contributed by atoms with Crippen LogP contribution < -0.4 is 9.47 Å². The first kappa shape index (κ1) is 14.1. The van der Waals surface area contributed by atoms with Gasteiger partial charge in [0.2, 0.25) is 5.78 Å². The van der Waals surface area contributed by atoms with Crippen molar-refractivity contribution in [3.8, 4) is 11.5 Å². The molecule has 0 aliphatic carbocycles. The van der Waals surface area contributed by atoms with Crippen molar-refractivity contribution in [3.05, 3.63) is 44.1 Å². The van der Waals surface area contributed by atoms with E-state index in [0.717, 1.165) is 4.88 Å². The molecule has 1 aromatic heterocycles. The van der Waals surface area contributed by atoms with Crippen LogP contribution in [0.25, 0.3) is 0 Å². The van der Waals surface area contributed by atoms with E-state index in [9.17, 15) is 4.79 Å². The smallest absolute Gasteiger partial charge is 0.206 e. The molecular weight excluding hydrogens is 328 g/mol. The van der Waals surface area contributed by atoms with Gasteiger partial charge in [0.05, 0.1) is 24.7 Å². The number of aryl methyl sites for hydroxylation is 1. The molecular formula is C14H13BrO3S. The molecule has 100 valence electrons. The fourth-order valence-corrected chi connectivity index (χ4v) is 3.25. The number of halogens is 1. The summed E-state index contributed by atoms with van der Waals surface area (Å²) in [4.78, 5) is 14.3. The molecule has 0 N–H and O–H groups in total. The third-order valence-electron chi connectivity index (χ3n) is 2.69. The number of carbonyl (C=O) groups is 1. The topological polar surface area (TPSA) is 35.5 Å². The molecule has 2 aromatic rings. The summed E-state index contributed by atoms with van der Waals surface area (Å²) >= 11 is 4.87. The maximum Gasteiger partial charge on any atom is 0.206 e. The molecule has 0 aliphatic rings. The zero-order valence-electron chi connectivity index (χ0n) is 10.8. The van der Waals surface area contributed by atoms with Crippen molar-refractivity contribution < 1.29 is 14.3 Å². The van der Waals surface area contributed by atoms with Crippen molar-refractivity contribution in [1.29, 1.82) is 0 Å². The lowest BCUT2D eigenvalue weighted by molar-refractivity contribution is 0.103. The zero-order valence-corrected chi connectivity index (χ0v) is 13.2. The second-order valence-electron chi connectivity index (χ2n) is 3.90. The van der Waals surface area contributed by atoms with Gasteiger partial charge in [-0.3, -0.25) is 4.79 Å². The highest BCUT2D eigenvalue weighted by atomic mass is 79.9. The number of thiophene rings is 1. The molecule has 0 atom stereocenters. The molecule has 0 unspecified atom stereocenters. The van der Waals surface area contributed by atoms with E-state index in [1.165, 1.54) is 18.4 Å². The van der Waals surface area contributed by atoms with E-state index < -0.39 is 0 Å². The monoisotopic (exact) mass is 340 g/mol. The quantitative estimate of drug-likeness (QED) is 0.787. The molecule has 0 amide bonds. The highest BCUT2D eigenvalue weighted by Gasteiger charge is 2.20. The van der Waals surface area contributed by atoms with Crippen molar-refractivity contribution in [3.63, 3.8) is 0 Å². The first-order valence-corrected chi connectivity index (χ1v) is 7.21. The van der Waals surface area contributed by atoms with Crippen molar-refractivity contribution in [2.75, 3.05) is 14.2 Å². The molecule has 1 aromatic carbocycles. The second kappa shape index (κ2) is 5.75. The molecule has 2 rings (SSSR count). The van der Waals surface area contributed by atoms with Crippen molar-refractivity contribution in [2.24, 2.45) is 0 Å². The predicted octanol–water partition coefficient (Wildman–Crippen LogP) is 4.07. The molecule has 0 fully saturated rings. The van der Waals surface area contributed by atoms with Gasteiger partial charge in [0, 0.05) is 4.88 Å². The van der Waals surface area contributed by atoms with Crippen molar-refractivity contribution in [1.82, 2.24) is 0 Å². The molecule has 0 radical (unpaired) electrons. The van der Waals surface area contributed by atoms with Crippen LogP contribution in [-0.4, -0.2) is 20.0 Å². The van der Waals surface area contributed by atoms with Crippen molar-refractivity contribution >= 4 is 33.0 Å². The van der Waals surface area contributed by atoms with E-state index in [1.54, 1.807) is 19.2 Å². The highest BCUT2D eigenvalue weighted by Crippen LogP contribution is 2.38. The molecule has 0 aliphatic heterocycles. The van der Waals surface area contributed by atoms with Crippen LogP contribution in [0.15, 0.2) is 28.7 Å². The maximum atomic E-state index is 12.5. The van der Waals surface area contributed by atoms with E-state index in [-0.39, 0.29) is 5.78 Å². The number of benzene rings is 1. The number of carbonyl (C=O) groups excluding carboxylic acids is 1. The predicted molar refractivity (Wildman–Crippen MR) is 79.7 cm³/mol. The fraction of sp³-hybridized carbons (Fsp3) is 0.214. The van der Waals surface area contributed by atoms with Gasteiger partial charge in [-0.1, -0.05) is 0 Å². The zero-order chi connectivity index (χ0) is 14.0. The van der Waals surface area contributed by atoms with Gasteiger partial charge in [0.1, 0.15) is 16.0 Å². The van der Waals surface area contributed by atoms with Crippen molar-refractivity contribution in [2.45, 2.75) is 6.92 Å². The first-order valence-electron chi connectivity index (χ1n) is 5.60. The van der Waals surface area contributed by atoms with E-state index in [1.807, 2.05) is 19.1 Å². The normalized spacial score (nSPS) is 10.3. The van der Waals surface area contributed by atoms with E-state index in [0.29, 0.717) is 26.4 Å². The lowest BCUT2D eigenvalue weighted by Crippen LogP contribution is -2.03. The van der Waals surface area contributed by atoms with E-state index in [2.05, 4.69) is 15.9 Å². The first-order chi connectivity index (χ1) is 9.08. The number of methoxy groups -OCH3 is 2. The Kier molecular flexibility index (Phi) is 4.27. The van der Waals surface area contributed by atoms with Crippen LogP contribution in [0, 0.1) is 6.92 Å². The molecule has 1 heterocycles. The molecule has 5 heteroatoms. The van der Waals surface area contributed by atoms with Gasteiger partial charge in [-0.05, 0) is 47.1 Å². The van der Waals surface area contributed by atoms with Crippen LogP contribution in [0.2, 0.25) is 0 Å². The van der Waals surface area contributed by atoms with Gasteiger partial charge in [-0.25, -0.2) is 0 Å². The largest absolute Gasteiger partial charge is 0.495 e. The number of hydrogen-bond acceptors (Lipinski definition) is 4. The Morgan fingerprint density at radius 2 is 1.89 bits per heavy atom. The average molecular weight is 341 g/mol. The summed E-state index contributed by atoms with van der Waals surface area (Å²) < 4.78 is 11.2. The van der Waals surface area contributed by atoms with Gasteiger partial charge in [-0.2, -0.15) is 0 Å². The minimum Gasteiger partial charge on any atom is -0.495 e. The molecule has 0 saturated heterocycles. The Hall–Kier alpha value is -1.33. The third kappa shape index (κ3) is 2.67. The summed E-state index contributed by atoms with van der Waals surface area (Å²) in [5, 5.41) is 0. The lowest BCUT2D eigenvalue weighted by Gasteiger charge is -2.12. The van der Waals surface area contributed by atoms with Crippen LogP contribution in [0.1, 0.15) is 20.1 Å².